The molecule has 0 bridgehead atoms. The van der Waals surface area contributed by atoms with E-state index in [1.807, 2.05) is 11.4 Å². The van der Waals surface area contributed by atoms with Crippen molar-refractivity contribution in [2.75, 3.05) is 6.54 Å². The molecule has 3 rings (SSSR count). The van der Waals surface area contributed by atoms with Crippen LogP contribution < -0.4 is 5.32 Å². The fraction of sp³-hybridized carbons (Fsp3) is 0.238. The van der Waals surface area contributed by atoms with Crippen molar-refractivity contribution in [1.82, 2.24) is 19.7 Å². The van der Waals surface area contributed by atoms with Crippen LogP contribution in [-0.4, -0.2) is 45.4 Å². The molecule has 12 heteroatoms. The number of alkyl halides is 6. The lowest BCUT2D eigenvalue weighted by Gasteiger charge is -2.25. The first kappa shape index (κ1) is 23.8. The van der Waals surface area contributed by atoms with E-state index in [1.54, 1.807) is 35.9 Å². The minimum absolute atomic E-state index is 0.0357. The molecule has 33 heavy (non-hydrogen) atoms. The normalized spacial score (nSPS) is 12.8. The van der Waals surface area contributed by atoms with Crippen LogP contribution in [0.5, 0.6) is 0 Å². The Balaban J connectivity index is 2.00. The van der Waals surface area contributed by atoms with Crippen molar-refractivity contribution in [2.45, 2.75) is 25.2 Å². The van der Waals surface area contributed by atoms with E-state index in [1.165, 1.54) is 12.1 Å². The number of pyridine rings is 2. The Bertz CT molecular complexity index is 1260. The van der Waals surface area contributed by atoms with Gasteiger partial charge in [-0.25, -0.2) is 18.7 Å². The molecule has 6 nitrogen and oxygen atoms in total. The summed E-state index contributed by atoms with van der Waals surface area (Å²) in [5, 5.41) is 18.7. The second kappa shape index (κ2) is 8.93. The molecule has 172 valence electrons. The summed E-state index contributed by atoms with van der Waals surface area (Å²) >= 11 is 0. The summed E-state index contributed by atoms with van der Waals surface area (Å²) in [6.45, 7) is 0.00158. The third-order valence-electron chi connectivity index (χ3n) is 4.67. The predicted molar refractivity (Wildman–Crippen MR) is 109 cm³/mol. The van der Waals surface area contributed by atoms with Crippen molar-refractivity contribution >= 4 is 17.4 Å². The third kappa shape index (κ3) is 4.67. The monoisotopic (exact) mass is 466 g/mol. The Morgan fingerprint density at radius 3 is 2.61 bits per heavy atom. The molecule has 0 unspecified atom stereocenters. The van der Waals surface area contributed by atoms with Crippen molar-refractivity contribution in [3.8, 4) is 17.3 Å². The number of allylic oxidation sites excluding steroid dienone is 1. The summed E-state index contributed by atoms with van der Waals surface area (Å²) < 4.78 is 79.7. The van der Waals surface area contributed by atoms with Gasteiger partial charge < -0.3 is 15.1 Å². The molecule has 0 atom stereocenters. The lowest BCUT2D eigenvalue weighted by Crippen LogP contribution is -2.51. The Labute approximate surface area is 183 Å². The highest BCUT2D eigenvalue weighted by Gasteiger charge is 2.62. The molecule has 3 heterocycles. The van der Waals surface area contributed by atoms with Crippen molar-refractivity contribution in [1.29, 1.82) is 10.7 Å². The number of nitrogens with zero attached hydrogens (tertiary/aromatic N) is 4. The van der Waals surface area contributed by atoms with Crippen LogP contribution in [-0.2, 0) is 0 Å². The van der Waals surface area contributed by atoms with Crippen molar-refractivity contribution in [3.63, 3.8) is 0 Å². The Kier molecular flexibility index (Phi) is 6.44. The number of halogens is 6. The summed E-state index contributed by atoms with van der Waals surface area (Å²) in [5.74, 6) is -10.6. The van der Waals surface area contributed by atoms with Gasteiger partial charge >= 0.3 is 18.3 Å². The van der Waals surface area contributed by atoms with Gasteiger partial charge in [0.1, 0.15) is 17.4 Å². The summed E-state index contributed by atoms with van der Waals surface area (Å²) in [4.78, 5) is 8.56. The maximum Gasteiger partial charge on any atom is 0.371 e. The van der Waals surface area contributed by atoms with Crippen LogP contribution in [0.3, 0.4) is 0 Å². The van der Waals surface area contributed by atoms with Gasteiger partial charge in [0.25, 0.3) is 0 Å². The maximum absolute atomic E-state index is 13.6. The fourth-order valence-electron chi connectivity index (χ4n) is 2.99. The van der Waals surface area contributed by atoms with Gasteiger partial charge in [-0.1, -0.05) is 0 Å². The molecule has 0 saturated carbocycles. The van der Waals surface area contributed by atoms with E-state index in [4.69, 9.17) is 5.41 Å². The first-order valence-electron chi connectivity index (χ1n) is 9.35. The van der Waals surface area contributed by atoms with Gasteiger partial charge in [0.2, 0.25) is 0 Å². The van der Waals surface area contributed by atoms with Gasteiger partial charge in [-0.3, -0.25) is 0 Å². The summed E-state index contributed by atoms with van der Waals surface area (Å²) in [6, 6.07) is 7.93. The molecule has 0 spiro atoms. The second-order valence-electron chi connectivity index (χ2n) is 7.02. The summed E-state index contributed by atoms with van der Waals surface area (Å²) in [6.07, 6.45) is 0.500. The first-order valence-corrected chi connectivity index (χ1v) is 9.35. The number of nitriles is 1. The van der Waals surface area contributed by atoms with Crippen LogP contribution in [0.2, 0.25) is 0 Å². The molecular formula is C21H16F6N6. The molecule has 0 amide bonds. The molecule has 0 aliphatic heterocycles. The average molecular weight is 466 g/mol. The van der Waals surface area contributed by atoms with Gasteiger partial charge in [-0.15, -0.1) is 0 Å². The lowest BCUT2D eigenvalue weighted by molar-refractivity contribution is -0.260. The van der Waals surface area contributed by atoms with Gasteiger partial charge in [0.05, 0.1) is 17.9 Å². The fourth-order valence-corrected chi connectivity index (χ4v) is 2.99. The van der Waals surface area contributed by atoms with E-state index in [0.29, 0.717) is 11.2 Å². The standard InChI is InChI=1S/C21H16F6N6/c1-12-10-33-5-4-13(6-17(33)31-12)18-16(3-2-15(8-29)32-18)14(7-28)9-30-11-20(24,25)21(26,27)19(22)23/h2-7,9-10,19,28,30H,11H2,1H3/b14-9+,28-7?. The zero-order chi connectivity index (χ0) is 24.4. The average Bonchev–Trinajstić information content (AvgIpc) is 3.15. The van der Waals surface area contributed by atoms with Crippen LogP contribution in [0.4, 0.5) is 26.3 Å². The molecule has 0 saturated heterocycles. The maximum atomic E-state index is 13.6. The number of hydrogen-bond acceptors (Lipinski definition) is 5. The number of fused-ring (bicyclic) bond motifs is 1. The molecular weight excluding hydrogens is 450 g/mol. The summed E-state index contributed by atoms with van der Waals surface area (Å²) in [7, 11) is 0. The van der Waals surface area contributed by atoms with Crippen LogP contribution >= 0.6 is 0 Å². The van der Waals surface area contributed by atoms with Crippen molar-refractivity contribution < 1.29 is 26.3 Å². The first-order chi connectivity index (χ1) is 15.5. The molecule has 0 aliphatic rings. The van der Waals surface area contributed by atoms with E-state index in [-0.39, 0.29) is 22.5 Å². The van der Waals surface area contributed by atoms with Crippen LogP contribution in [0.1, 0.15) is 17.0 Å². The molecule has 3 aromatic heterocycles. The van der Waals surface area contributed by atoms with Crippen LogP contribution in [0, 0.1) is 23.7 Å². The van der Waals surface area contributed by atoms with Gasteiger partial charge in [-0.2, -0.15) is 22.8 Å². The van der Waals surface area contributed by atoms with E-state index < -0.39 is 24.8 Å². The molecule has 0 aromatic carbocycles. The van der Waals surface area contributed by atoms with Gasteiger partial charge in [0.15, 0.2) is 0 Å². The van der Waals surface area contributed by atoms with E-state index in [0.717, 1.165) is 18.1 Å². The lowest BCUT2D eigenvalue weighted by atomic mass is 10.0. The van der Waals surface area contributed by atoms with Crippen LogP contribution in [0.15, 0.2) is 42.9 Å². The molecule has 0 fully saturated rings. The number of hydrogen-bond donors (Lipinski definition) is 2. The molecule has 0 aliphatic carbocycles. The van der Waals surface area contributed by atoms with Crippen LogP contribution in [0.25, 0.3) is 22.5 Å². The highest BCUT2D eigenvalue weighted by atomic mass is 19.3. The van der Waals surface area contributed by atoms with Gasteiger partial charge in [0, 0.05) is 41.5 Å². The zero-order valence-electron chi connectivity index (χ0n) is 17.0. The number of imidazole rings is 1. The quantitative estimate of drug-likeness (QED) is 0.372. The van der Waals surface area contributed by atoms with E-state index in [2.05, 4.69) is 9.97 Å². The zero-order valence-corrected chi connectivity index (χ0v) is 17.0. The topological polar surface area (TPSA) is 89.9 Å². The second-order valence-corrected chi connectivity index (χ2v) is 7.02. The Hall–Kier alpha value is -3.88. The SMILES string of the molecule is Cc1cn2ccc(-c3nc(C#N)ccc3/C(C=N)=C/NCC(F)(F)C(F)(F)C(F)F)cc2n1. The number of rotatable bonds is 8. The summed E-state index contributed by atoms with van der Waals surface area (Å²) in [5.41, 5.74) is 2.20. The molecule has 3 aromatic rings. The Morgan fingerprint density at radius 1 is 1.24 bits per heavy atom. The number of aromatic nitrogens is 3. The molecule has 0 radical (unpaired) electrons. The predicted octanol–water partition coefficient (Wildman–Crippen LogP) is 4.69. The highest BCUT2D eigenvalue weighted by Crippen LogP contribution is 2.38. The van der Waals surface area contributed by atoms with Crippen molar-refractivity contribution in [2.24, 2.45) is 0 Å². The van der Waals surface area contributed by atoms with Crippen molar-refractivity contribution in [3.05, 3.63) is 59.8 Å². The number of aryl methyl sites for hydroxylation is 1. The smallest absolute Gasteiger partial charge is 0.371 e. The van der Waals surface area contributed by atoms with Gasteiger partial charge in [-0.05, 0) is 31.2 Å². The molecule has 2 N–H and O–H groups in total. The van der Waals surface area contributed by atoms with E-state index in [9.17, 15) is 31.6 Å². The number of nitrogens with one attached hydrogen (secondary N) is 2. The highest BCUT2D eigenvalue weighted by molar-refractivity contribution is 6.10. The minimum atomic E-state index is -5.53. The van der Waals surface area contributed by atoms with E-state index >= 15 is 0 Å². The Morgan fingerprint density at radius 2 is 1.97 bits per heavy atom. The largest absolute Gasteiger partial charge is 0.384 e. The minimum Gasteiger partial charge on any atom is -0.384 e. The third-order valence-corrected chi connectivity index (χ3v) is 4.67.